The number of nitrogens with zero attached hydrogens (tertiary/aromatic N) is 1. The monoisotopic (exact) mass is 377 g/mol. The van der Waals surface area contributed by atoms with E-state index in [2.05, 4.69) is 4.98 Å². The fourth-order valence-corrected chi connectivity index (χ4v) is 4.74. The maximum Gasteiger partial charge on any atom is 0.161 e. The average molecular weight is 378 g/mol. The number of aromatic hydroxyl groups is 1. The van der Waals surface area contributed by atoms with Crippen LogP contribution in [0.25, 0.3) is 11.3 Å². The van der Waals surface area contributed by atoms with Gasteiger partial charge >= 0.3 is 0 Å². The maximum atomic E-state index is 9.67. The Balaban J connectivity index is 1.70. The van der Waals surface area contributed by atoms with E-state index in [1.807, 2.05) is 22.9 Å². The van der Waals surface area contributed by atoms with Crippen LogP contribution in [0.2, 0.25) is 0 Å². The van der Waals surface area contributed by atoms with Crippen molar-refractivity contribution in [1.82, 2.24) is 4.98 Å². The van der Waals surface area contributed by atoms with Gasteiger partial charge in [-0.15, -0.1) is 34.4 Å². The minimum absolute atomic E-state index is 0.102. The van der Waals surface area contributed by atoms with Crippen molar-refractivity contribution in [2.45, 2.75) is 10.6 Å². The van der Waals surface area contributed by atoms with Gasteiger partial charge in [-0.3, -0.25) is 5.41 Å². The first-order valence-corrected chi connectivity index (χ1v) is 9.69. The van der Waals surface area contributed by atoms with E-state index in [-0.39, 0.29) is 11.6 Å². The molecule has 0 aliphatic carbocycles. The number of thiophene rings is 1. The first kappa shape index (κ1) is 16.8. The standard InChI is InChI=1S/C16H15N3O2S3/c1-21-13-4-9(2-3-12(13)20)11-7-24-15(19-11)8-22-10-5-14(16(17)18)23-6-10/h2-7,20H,8H2,1H3,(H3,17,18). The lowest BCUT2D eigenvalue weighted by molar-refractivity contribution is 0.373. The van der Waals surface area contributed by atoms with Crippen molar-refractivity contribution in [2.24, 2.45) is 5.73 Å². The lowest BCUT2D eigenvalue weighted by atomic mass is 10.1. The summed E-state index contributed by atoms with van der Waals surface area (Å²) >= 11 is 4.74. The molecule has 8 heteroatoms. The Morgan fingerprint density at radius 1 is 1.33 bits per heavy atom. The summed E-state index contributed by atoms with van der Waals surface area (Å²) in [6, 6.07) is 7.13. The largest absolute Gasteiger partial charge is 0.504 e. The van der Waals surface area contributed by atoms with E-state index in [1.54, 1.807) is 35.2 Å². The van der Waals surface area contributed by atoms with Crippen LogP contribution in [-0.4, -0.2) is 23.0 Å². The number of rotatable bonds is 6. The van der Waals surface area contributed by atoms with E-state index < -0.39 is 0 Å². The Morgan fingerprint density at radius 3 is 2.88 bits per heavy atom. The van der Waals surface area contributed by atoms with E-state index in [1.165, 1.54) is 18.4 Å². The van der Waals surface area contributed by atoms with Gasteiger partial charge in [0.05, 0.1) is 23.4 Å². The molecule has 1 aromatic carbocycles. The molecule has 0 amide bonds. The minimum atomic E-state index is 0.102. The summed E-state index contributed by atoms with van der Waals surface area (Å²) in [5, 5.41) is 22.1. The summed E-state index contributed by atoms with van der Waals surface area (Å²) < 4.78 is 5.14. The Bertz CT molecular complexity index is 873. The predicted octanol–water partition coefficient (Wildman–Crippen LogP) is 4.16. The first-order valence-electron chi connectivity index (χ1n) is 6.94. The highest BCUT2D eigenvalue weighted by Gasteiger charge is 2.09. The topological polar surface area (TPSA) is 92.2 Å². The molecule has 2 aromatic heterocycles. The number of hydrogen-bond donors (Lipinski definition) is 3. The van der Waals surface area contributed by atoms with Crippen molar-refractivity contribution in [3.8, 4) is 22.8 Å². The molecular formula is C16H15N3O2S3. The van der Waals surface area contributed by atoms with Crippen molar-refractivity contribution in [2.75, 3.05) is 7.11 Å². The molecule has 0 aliphatic rings. The summed E-state index contributed by atoms with van der Waals surface area (Å²) in [5.41, 5.74) is 7.26. The van der Waals surface area contributed by atoms with Crippen molar-refractivity contribution < 1.29 is 9.84 Å². The number of hydrogen-bond acceptors (Lipinski definition) is 7. The van der Waals surface area contributed by atoms with Gasteiger partial charge in [-0.1, -0.05) is 0 Å². The van der Waals surface area contributed by atoms with Gasteiger partial charge in [0.25, 0.3) is 0 Å². The molecule has 124 valence electrons. The van der Waals surface area contributed by atoms with Crippen LogP contribution in [0.15, 0.2) is 39.9 Å². The second-order valence-electron chi connectivity index (χ2n) is 4.86. The number of methoxy groups -OCH3 is 1. The first-order chi connectivity index (χ1) is 11.6. The van der Waals surface area contributed by atoms with E-state index >= 15 is 0 Å². The van der Waals surface area contributed by atoms with Crippen LogP contribution in [0.5, 0.6) is 11.5 Å². The van der Waals surface area contributed by atoms with Gasteiger partial charge in [-0.2, -0.15) is 0 Å². The van der Waals surface area contributed by atoms with Gasteiger partial charge in [-0.05, 0) is 24.3 Å². The predicted molar refractivity (Wildman–Crippen MR) is 101 cm³/mol. The lowest BCUT2D eigenvalue weighted by Crippen LogP contribution is -2.08. The fraction of sp³-hybridized carbons (Fsp3) is 0.125. The molecule has 4 N–H and O–H groups in total. The summed E-state index contributed by atoms with van der Waals surface area (Å²) in [4.78, 5) is 6.52. The molecule has 3 aromatic rings. The van der Waals surface area contributed by atoms with Crippen molar-refractivity contribution in [3.05, 3.63) is 44.9 Å². The normalized spacial score (nSPS) is 10.7. The summed E-state index contributed by atoms with van der Waals surface area (Å²) in [6.45, 7) is 0. The highest BCUT2D eigenvalue weighted by Crippen LogP contribution is 2.33. The van der Waals surface area contributed by atoms with Gasteiger partial charge < -0.3 is 15.6 Å². The smallest absolute Gasteiger partial charge is 0.161 e. The second-order valence-corrected chi connectivity index (χ2v) is 7.76. The number of aromatic nitrogens is 1. The number of ether oxygens (including phenoxy) is 1. The highest BCUT2D eigenvalue weighted by molar-refractivity contribution is 7.98. The molecule has 0 atom stereocenters. The maximum absolute atomic E-state index is 9.67. The molecule has 0 saturated carbocycles. The number of amidine groups is 1. The number of nitrogens with two attached hydrogens (primary N) is 1. The third-order valence-corrected chi connectivity index (χ3v) is 6.36. The van der Waals surface area contributed by atoms with Gasteiger partial charge in [-0.25, -0.2) is 4.98 Å². The zero-order valence-electron chi connectivity index (χ0n) is 12.8. The van der Waals surface area contributed by atoms with Crippen LogP contribution in [0.3, 0.4) is 0 Å². The highest BCUT2D eigenvalue weighted by atomic mass is 32.2. The Kier molecular flexibility index (Phi) is 5.08. The average Bonchev–Trinajstić information content (AvgIpc) is 3.23. The molecule has 0 fully saturated rings. The summed E-state index contributed by atoms with van der Waals surface area (Å²) in [7, 11) is 1.53. The van der Waals surface area contributed by atoms with Crippen molar-refractivity contribution in [1.29, 1.82) is 5.41 Å². The van der Waals surface area contributed by atoms with Crippen molar-refractivity contribution in [3.63, 3.8) is 0 Å². The number of benzene rings is 1. The van der Waals surface area contributed by atoms with E-state index in [4.69, 9.17) is 15.9 Å². The fourth-order valence-electron chi connectivity index (χ4n) is 2.03. The zero-order valence-corrected chi connectivity index (χ0v) is 15.2. The molecular weight excluding hydrogens is 362 g/mol. The number of thiazole rings is 1. The number of phenolic OH excluding ortho intramolecular Hbond substituents is 1. The molecule has 0 radical (unpaired) electrons. The molecule has 5 nitrogen and oxygen atoms in total. The van der Waals surface area contributed by atoms with Crippen LogP contribution in [0.1, 0.15) is 9.88 Å². The number of nitrogen functional groups attached to an aromatic ring is 1. The van der Waals surface area contributed by atoms with Crippen LogP contribution < -0.4 is 10.5 Å². The van der Waals surface area contributed by atoms with Crippen LogP contribution in [0, 0.1) is 5.41 Å². The Labute approximate surface area is 151 Å². The molecule has 0 bridgehead atoms. The van der Waals surface area contributed by atoms with Gasteiger partial charge in [0.2, 0.25) is 0 Å². The van der Waals surface area contributed by atoms with Crippen molar-refractivity contribution >= 4 is 40.3 Å². The zero-order chi connectivity index (χ0) is 17.1. The van der Waals surface area contributed by atoms with Gasteiger partial charge in [0.1, 0.15) is 10.8 Å². The van der Waals surface area contributed by atoms with Gasteiger partial charge in [0, 0.05) is 21.2 Å². The Morgan fingerprint density at radius 2 is 2.17 bits per heavy atom. The number of nitrogens with one attached hydrogen (secondary N) is 1. The molecule has 0 unspecified atom stereocenters. The third-order valence-electron chi connectivity index (χ3n) is 3.23. The van der Waals surface area contributed by atoms with Crippen LogP contribution >= 0.6 is 34.4 Å². The summed E-state index contributed by atoms with van der Waals surface area (Å²) in [6.07, 6.45) is 0. The number of phenols is 1. The molecule has 0 saturated heterocycles. The quantitative estimate of drug-likeness (QED) is 0.341. The minimum Gasteiger partial charge on any atom is -0.504 e. The summed E-state index contributed by atoms with van der Waals surface area (Å²) in [5.74, 6) is 1.41. The molecule has 0 aliphatic heterocycles. The molecule has 24 heavy (non-hydrogen) atoms. The van der Waals surface area contributed by atoms with Crippen LogP contribution in [0.4, 0.5) is 0 Å². The van der Waals surface area contributed by atoms with E-state index in [9.17, 15) is 5.11 Å². The SMILES string of the molecule is COc1cc(-c2csc(CSc3csc(C(=N)N)c3)n2)ccc1O. The number of thioether (sulfide) groups is 1. The lowest BCUT2D eigenvalue weighted by Gasteiger charge is -2.04. The van der Waals surface area contributed by atoms with Gasteiger partial charge in [0.15, 0.2) is 11.5 Å². The molecule has 3 rings (SSSR count). The second kappa shape index (κ2) is 7.25. The Hall–Kier alpha value is -2.03. The molecule has 0 spiro atoms. The van der Waals surface area contributed by atoms with E-state index in [0.717, 1.165) is 31.8 Å². The van der Waals surface area contributed by atoms with E-state index in [0.29, 0.717) is 5.75 Å². The molecule has 2 heterocycles. The third kappa shape index (κ3) is 3.72. The van der Waals surface area contributed by atoms with Crippen LogP contribution in [-0.2, 0) is 5.75 Å².